The minimum absolute atomic E-state index is 0.0563. The second-order valence-electron chi connectivity index (χ2n) is 15.0. The second kappa shape index (κ2) is 18.6. The summed E-state index contributed by atoms with van der Waals surface area (Å²) < 4.78 is 4.70. The van der Waals surface area contributed by atoms with E-state index >= 15 is 0 Å². The zero-order chi connectivity index (χ0) is 39.6. The highest BCUT2D eigenvalue weighted by Crippen LogP contribution is 2.35. The Bertz CT molecular complexity index is 1570. The molecule has 0 spiro atoms. The number of anilines is 1. The van der Waals surface area contributed by atoms with Gasteiger partial charge in [0.15, 0.2) is 0 Å². The molecule has 0 saturated carbocycles. The Morgan fingerprint density at radius 3 is 1.96 bits per heavy atom. The number of nitrogens with one attached hydrogen (secondary N) is 3. The Labute approximate surface area is 309 Å². The van der Waals surface area contributed by atoms with E-state index in [1.54, 1.807) is 45.0 Å². The molecule has 0 aromatic heterocycles. The number of benzene rings is 1. The van der Waals surface area contributed by atoms with Crippen molar-refractivity contribution in [2.24, 2.45) is 23.2 Å². The molecule has 1 aromatic rings. The van der Waals surface area contributed by atoms with Crippen LogP contribution in [0, 0.1) is 23.2 Å². The zero-order valence-electron chi connectivity index (χ0n) is 31.6. The van der Waals surface area contributed by atoms with Gasteiger partial charge in [-0.15, -0.1) is 0 Å². The molecule has 16 heteroatoms. The van der Waals surface area contributed by atoms with E-state index in [9.17, 15) is 43.2 Å². The average Bonchev–Trinajstić information content (AvgIpc) is 3.52. The normalized spacial score (nSPS) is 18.6. The first-order chi connectivity index (χ1) is 24.8. The van der Waals surface area contributed by atoms with Crippen molar-refractivity contribution >= 4 is 59.4 Å². The number of nitrogens with zero attached hydrogens (tertiary/aromatic N) is 3. The molecular weight excluding hydrogens is 688 g/mol. The SMILES string of the molecule is CC1CC(=O)N(CCN(CCN2C(=O)CC(C(C)(C)C)C2=O)C(=O)CCC(=O)N[C@H](C(=O)N[C@@H](C)C(=O)Nc2ccc(COC=O)cc2)C(C)C)C1=O. The van der Waals surface area contributed by atoms with E-state index in [0.717, 1.165) is 15.4 Å². The maximum Gasteiger partial charge on any atom is 0.293 e. The van der Waals surface area contributed by atoms with Gasteiger partial charge in [0.1, 0.15) is 18.7 Å². The predicted molar refractivity (Wildman–Crippen MR) is 191 cm³/mol. The van der Waals surface area contributed by atoms with Gasteiger partial charge in [0.05, 0.1) is 5.92 Å². The topological polar surface area (TPSA) is 209 Å². The highest BCUT2D eigenvalue weighted by molar-refractivity contribution is 6.04. The molecule has 3 N–H and O–H groups in total. The summed E-state index contributed by atoms with van der Waals surface area (Å²) in [4.78, 5) is 117. The third-order valence-electron chi connectivity index (χ3n) is 9.42. The molecule has 2 fully saturated rings. The molecular formula is C37H52N6O10. The van der Waals surface area contributed by atoms with Crippen molar-refractivity contribution in [3.63, 3.8) is 0 Å². The molecule has 2 heterocycles. The smallest absolute Gasteiger partial charge is 0.293 e. The van der Waals surface area contributed by atoms with Crippen LogP contribution in [0.5, 0.6) is 0 Å². The summed E-state index contributed by atoms with van der Waals surface area (Å²) in [6.45, 7) is 12.3. The van der Waals surface area contributed by atoms with Gasteiger partial charge in [0.2, 0.25) is 47.3 Å². The standard InChI is InChI=1S/C37H52N6O10/c1-22(2)32(34(50)38-24(4)33(49)39-26-10-8-25(9-11-26)20-53-21-44)40-28(45)12-13-29(46)41(14-16-42-30(47)18-23(3)35(42)51)15-17-43-31(48)19-27(36(43)52)37(5,6)7/h8-11,21-24,27,32H,12-20H2,1-7H3,(H,38,50)(H,39,49)(H,40,45)/t23?,24-,27?,32-/m0/s1. The Morgan fingerprint density at radius 2 is 1.45 bits per heavy atom. The molecule has 2 saturated heterocycles. The molecule has 53 heavy (non-hydrogen) atoms. The van der Waals surface area contributed by atoms with Crippen molar-refractivity contribution in [3.05, 3.63) is 29.8 Å². The van der Waals surface area contributed by atoms with Crippen LogP contribution in [-0.2, 0) is 54.5 Å². The molecule has 0 bridgehead atoms. The number of amides is 8. The molecule has 0 radical (unpaired) electrons. The molecule has 2 aliphatic rings. The van der Waals surface area contributed by atoms with Gasteiger partial charge in [0.25, 0.3) is 6.47 Å². The van der Waals surface area contributed by atoms with Gasteiger partial charge < -0.3 is 25.6 Å². The van der Waals surface area contributed by atoms with Crippen molar-refractivity contribution in [2.45, 2.75) is 92.8 Å². The zero-order valence-corrected chi connectivity index (χ0v) is 31.6. The highest BCUT2D eigenvalue weighted by Gasteiger charge is 2.44. The quantitative estimate of drug-likeness (QED) is 0.145. The lowest BCUT2D eigenvalue weighted by atomic mass is 9.80. The number of hydrogen-bond donors (Lipinski definition) is 3. The Morgan fingerprint density at radius 1 is 0.868 bits per heavy atom. The lowest BCUT2D eigenvalue weighted by Crippen LogP contribution is -2.53. The first kappa shape index (κ1) is 42.3. The van der Waals surface area contributed by atoms with Crippen LogP contribution in [0.4, 0.5) is 5.69 Å². The molecule has 2 aliphatic heterocycles. The molecule has 8 amide bonds. The van der Waals surface area contributed by atoms with Crippen LogP contribution in [0.1, 0.15) is 79.7 Å². The van der Waals surface area contributed by atoms with E-state index in [2.05, 4.69) is 16.0 Å². The molecule has 0 aliphatic carbocycles. The predicted octanol–water partition coefficient (Wildman–Crippen LogP) is 1.37. The molecule has 290 valence electrons. The van der Waals surface area contributed by atoms with Crippen molar-refractivity contribution in [2.75, 3.05) is 31.5 Å². The second-order valence-corrected chi connectivity index (χ2v) is 15.0. The largest absolute Gasteiger partial charge is 0.463 e. The average molecular weight is 741 g/mol. The molecule has 16 nitrogen and oxygen atoms in total. The van der Waals surface area contributed by atoms with Gasteiger partial charge in [-0.1, -0.05) is 53.7 Å². The number of rotatable bonds is 18. The number of carbonyl (C=O) groups excluding carboxylic acids is 9. The summed E-state index contributed by atoms with van der Waals surface area (Å²) >= 11 is 0. The number of carbonyl (C=O) groups is 9. The van der Waals surface area contributed by atoms with Crippen LogP contribution in [0.15, 0.2) is 24.3 Å². The van der Waals surface area contributed by atoms with Crippen molar-refractivity contribution in [1.82, 2.24) is 25.3 Å². The van der Waals surface area contributed by atoms with E-state index in [-0.39, 0.29) is 88.0 Å². The van der Waals surface area contributed by atoms with Crippen molar-refractivity contribution in [1.29, 1.82) is 0 Å². The summed E-state index contributed by atoms with van der Waals surface area (Å²) in [5, 5.41) is 7.93. The Balaban J connectivity index is 1.59. The number of imide groups is 2. The first-order valence-electron chi connectivity index (χ1n) is 17.8. The third kappa shape index (κ3) is 11.7. The molecule has 4 atom stereocenters. The van der Waals surface area contributed by atoms with E-state index in [4.69, 9.17) is 4.74 Å². The number of ether oxygens (including phenoxy) is 1. The summed E-state index contributed by atoms with van der Waals surface area (Å²) in [6, 6.07) is 4.58. The lowest BCUT2D eigenvalue weighted by molar-refractivity contribution is -0.142. The van der Waals surface area contributed by atoms with Gasteiger partial charge in [-0.25, -0.2) is 0 Å². The molecule has 2 unspecified atom stereocenters. The van der Waals surface area contributed by atoms with Gasteiger partial charge in [0, 0.05) is 63.5 Å². The van der Waals surface area contributed by atoms with Crippen LogP contribution < -0.4 is 16.0 Å². The van der Waals surface area contributed by atoms with Crippen molar-refractivity contribution < 1.29 is 47.9 Å². The molecule has 3 rings (SSSR count). The lowest BCUT2D eigenvalue weighted by Gasteiger charge is -2.28. The fourth-order valence-corrected chi connectivity index (χ4v) is 6.07. The maximum absolute atomic E-state index is 13.5. The third-order valence-corrected chi connectivity index (χ3v) is 9.42. The van der Waals surface area contributed by atoms with Crippen LogP contribution in [0.25, 0.3) is 0 Å². The van der Waals surface area contributed by atoms with E-state index in [1.165, 1.54) is 11.8 Å². The van der Waals surface area contributed by atoms with Gasteiger partial charge >= 0.3 is 0 Å². The van der Waals surface area contributed by atoms with Crippen LogP contribution in [-0.4, -0.2) is 107 Å². The number of hydrogen-bond acceptors (Lipinski definition) is 10. The van der Waals surface area contributed by atoms with Gasteiger partial charge in [-0.3, -0.25) is 53.0 Å². The van der Waals surface area contributed by atoms with Crippen LogP contribution in [0.3, 0.4) is 0 Å². The first-order valence-corrected chi connectivity index (χ1v) is 17.8. The van der Waals surface area contributed by atoms with E-state index in [0.29, 0.717) is 12.2 Å². The van der Waals surface area contributed by atoms with E-state index in [1.807, 2.05) is 20.8 Å². The maximum atomic E-state index is 13.5. The summed E-state index contributed by atoms with van der Waals surface area (Å²) in [7, 11) is 0. The van der Waals surface area contributed by atoms with Crippen LogP contribution >= 0.6 is 0 Å². The van der Waals surface area contributed by atoms with Crippen molar-refractivity contribution in [3.8, 4) is 0 Å². The molecule has 1 aromatic carbocycles. The van der Waals surface area contributed by atoms with Gasteiger partial charge in [-0.2, -0.15) is 0 Å². The summed E-state index contributed by atoms with van der Waals surface area (Å²) in [5.41, 5.74) is 0.741. The van der Waals surface area contributed by atoms with E-state index < -0.39 is 53.0 Å². The summed E-state index contributed by atoms with van der Waals surface area (Å²) in [6.07, 6.45) is -0.461. The Hall–Kier alpha value is -5.15. The monoisotopic (exact) mass is 740 g/mol. The summed E-state index contributed by atoms with van der Waals surface area (Å²) in [5.74, 6) is -4.93. The minimum atomic E-state index is -1.03. The van der Waals surface area contributed by atoms with Crippen LogP contribution in [0.2, 0.25) is 0 Å². The fourth-order valence-electron chi connectivity index (χ4n) is 6.07. The fraction of sp³-hybridized carbons (Fsp3) is 0.595. The Kier molecular flexibility index (Phi) is 14.8. The number of likely N-dealkylation sites (tertiary alicyclic amines) is 2. The van der Waals surface area contributed by atoms with Gasteiger partial charge in [-0.05, 0) is 36.0 Å². The minimum Gasteiger partial charge on any atom is -0.463 e. The highest BCUT2D eigenvalue weighted by atomic mass is 16.5.